The smallest absolute Gasteiger partial charge is 0.410 e. The van der Waals surface area contributed by atoms with Crippen molar-refractivity contribution < 1.29 is 19.4 Å². The zero-order valence-electron chi connectivity index (χ0n) is 13.3. The normalized spacial score (nSPS) is 21.7. The van der Waals surface area contributed by atoms with Crippen LogP contribution in [0.4, 0.5) is 4.79 Å². The fraction of sp³-hybridized carbons (Fsp3) is 0.529. The first-order valence-corrected chi connectivity index (χ1v) is 7.45. The van der Waals surface area contributed by atoms with Gasteiger partial charge >= 0.3 is 12.1 Å². The Morgan fingerprint density at radius 3 is 2.41 bits per heavy atom. The van der Waals surface area contributed by atoms with Crippen LogP contribution in [0.25, 0.3) is 0 Å². The Morgan fingerprint density at radius 2 is 1.91 bits per heavy atom. The average molecular weight is 305 g/mol. The van der Waals surface area contributed by atoms with Crippen molar-refractivity contribution in [1.82, 2.24) is 4.90 Å². The minimum Gasteiger partial charge on any atom is -0.481 e. The molecular weight excluding hydrogens is 282 g/mol. The van der Waals surface area contributed by atoms with Gasteiger partial charge < -0.3 is 14.7 Å². The molecule has 0 aromatic heterocycles. The lowest BCUT2D eigenvalue weighted by molar-refractivity contribution is -0.155. The Morgan fingerprint density at radius 1 is 1.27 bits per heavy atom. The first-order chi connectivity index (χ1) is 10.3. The fourth-order valence-corrected chi connectivity index (χ4v) is 2.88. The number of ether oxygens (including phenoxy) is 1. The van der Waals surface area contributed by atoms with Crippen LogP contribution in [0.1, 0.15) is 32.8 Å². The van der Waals surface area contributed by atoms with Crippen molar-refractivity contribution in [3.63, 3.8) is 0 Å². The summed E-state index contributed by atoms with van der Waals surface area (Å²) in [5.41, 5.74) is -0.429. The quantitative estimate of drug-likeness (QED) is 0.931. The summed E-state index contributed by atoms with van der Waals surface area (Å²) >= 11 is 0. The van der Waals surface area contributed by atoms with Crippen molar-refractivity contribution in [3.05, 3.63) is 35.9 Å². The molecule has 0 saturated carbocycles. The minimum absolute atomic E-state index is 0.194. The molecule has 1 aromatic rings. The van der Waals surface area contributed by atoms with E-state index >= 15 is 0 Å². The number of benzene rings is 1. The van der Waals surface area contributed by atoms with Crippen LogP contribution < -0.4 is 0 Å². The summed E-state index contributed by atoms with van der Waals surface area (Å²) in [5.74, 6) is -0.849. The molecule has 0 aliphatic carbocycles. The van der Waals surface area contributed by atoms with Gasteiger partial charge in [-0.05, 0) is 17.4 Å². The fourth-order valence-electron chi connectivity index (χ4n) is 2.88. The Labute approximate surface area is 130 Å². The van der Waals surface area contributed by atoms with Crippen molar-refractivity contribution in [3.8, 4) is 0 Å². The van der Waals surface area contributed by atoms with E-state index in [0.717, 1.165) is 5.56 Å². The second-order valence-corrected chi connectivity index (χ2v) is 6.85. The van der Waals surface area contributed by atoms with Crippen molar-refractivity contribution in [2.24, 2.45) is 10.8 Å². The van der Waals surface area contributed by atoms with Crippen molar-refractivity contribution in [2.45, 2.75) is 33.8 Å². The predicted molar refractivity (Wildman–Crippen MR) is 82.3 cm³/mol. The maximum absolute atomic E-state index is 12.2. The molecule has 1 heterocycles. The Hall–Kier alpha value is -2.04. The van der Waals surface area contributed by atoms with Crippen LogP contribution in [0, 0.1) is 10.8 Å². The van der Waals surface area contributed by atoms with Gasteiger partial charge in [-0.3, -0.25) is 4.79 Å². The summed E-state index contributed by atoms with van der Waals surface area (Å²) in [7, 11) is 0. The van der Waals surface area contributed by atoms with Crippen molar-refractivity contribution in [2.75, 3.05) is 13.1 Å². The van der Waals surface area contributed by atoms with Crippen molar-refractivity contribution in [1.29, 1.82) is 0 Å². The topological polar surface area (TPSA) is 66.8 Å². The first-order valence-electron chi connectivity index (χ1n) is 7.45. The molecule has 1 fully saturated rings. The Kier molecular flexibility index (Phi) is 4.44. The molecule has 0 unspecified atom stereocenters. The number of carbonyl (C=O) groups excluding carboxylic acids is 1. The molecule has 1 amide bonds. The van der Waals surface area contributed by atoms with Gasteiger partial charge in [0.05, 0.1) is 5.41 Å². The summed E-state index contributed by atoms with van der Waals surface area (Å²) in [5, 5.41) is 9.63. The van der Waals surface area contributed by atoms with Gasteiger partial charge in [0.2, 0.25) is 0 Å². The third-order valence-corrected chi connectivity index (χ3v) is 4.58. The van der Waals surface area contributed by atoms with Crippen LogP contribution in [-0.4, -0.2) is 35.2 Å². The summed E-state index contributed by atoms with van der Waals surface area (Å²) in [4.78, 5) is 25.4. The molecule has 22 heavy (non-hydrogen) atoms. The molecule has 1 aliphatic heterocycles. The number of carbonyl (C=O) groups is 2. The van der Waals surface area contributed by atoms with E-state index in [9.17, 15) is 14.7 Å². The van der Waals surface area contributed by atoms with E-state index in [-0.39, 0.29) is 13.2 Å². The van der Waals surface area contributed by atoms with Crippen LogP contribution in [0.2, 0.25) is 0 Å². The summed E-state index contributed by atoms with van der Waals surface area (Å²) in [6.07, 6.45) is 0.00273. The second kappa shape index (κ2) is 5.99. The monoisotopic (exact) mass is 305 g/mol. The molecule has 1 atom stereocenters. The molecular formula is C17H23NO4. The van der Waals surface area contributed by atoms with Crippen LogP contribution in [0.3, 0.4) is 0 Å². The van der Waals surface area contributed by atoms with Gasteiger partial charge in [-0.2, -0.15) is 0 Å². The standard InChI is InChI=1S/C17H23NO4/c1-16(2,3)17(14(19)20)9-10-18(12-17)15(21)22-11-13-7-5-4-6-8-13/h4-8H,9-12H2,1-3H3,(H,19,20)/t17-/m1/s1. The number of aliphatic carboxylic acids is 1. The molecule has 5 nitrogen and oxygen atoms in total. The summed E-state index contributed by atoms with van der Waals surface area (Å²) < 4.78 is 5.29. The van der Waals surface area contributed by atoms with Crippen molar-refractivity contribution >= 4 is 12.1 Å². The van der Waals surface area contributed by atoms with Gasteiger partial charge in [0.25, 0.3) is 0 Å². The highest BCUT2D eigenvalue weighted by Gasteiger charge is 2.54. The SMILES string of the molecule is CC(C)(C)[C@]1(C(=O)O)CCN(C(=O)OCc2ccccc2)C1. The third-order valence-electron chi connectivity index (χ3n) is 4.58. The van der Waals surface area contributed by atoms with Gasteiger partial charge in [-0.15, -0.1) is 0 Å². The minimum atomic E-state index is -0.918. The van der Waals surface area contributed by atoms with Crippen LogP contribution >= 0.6 is 0 Å². The predicted octanol–water partition coefficient (Wildman–Crippen LogP) is 3.15. The largest absolute Gasteiger partial charge is 0.481 e. The molecule has 1 N–H and O–H groups in total. The summed E-state index contributed by atoms with van der Waals surface area (Å²) in [6.45, 7) is 6.52. The van der Waals surface area contributed by atoms with Gasteiger partial charge in [0.1, 0.15) is 6.61 Å². The molecule has 1 aromatic carbocycles. The zero-order valence-corrected chi connectivity index (χ0v) is 13.3. The highest BCUT2D eigenvalue weighted by Crippen LogP contribution is 2.46. The maximum atomic E-state index is 12.2. The number of hydrogen-bond donors (Lipinski definition) is 1. The van der Waals surface area contributed by atoms with E-state index in [2.05, 4.69) is 0 Å². The highest BCUT2D eigenvalue weighted by atomic mass is 16.6. The number of rotatable bonds is 3. The number of nitrogens with zero attached hydrogens (tertiary/aromatic N) is 1. The zero-order chi connectivity index (χ0) is 16.4. The second-order valence-electron chi connectivity index (χ2n) is 6.85. The average Bonchev–Trinajstić information content (AvgIpc) is 2.92. The molecule has 1 saturated heterocycles. The highest BCUT2D eigenvalue weighted by molar-refractivity contribution is 5.78. The number of carboxylic acids is 1. The van der Waals surface area contributed by atoms with Gasteiger partial charge in [0.15, 0.2) is 0 Å². The molecule has 0 radical (unpaired) electrons. The number of amides is 1. The summed E-state index contributed by atoms with van der Waals surface area (Å²) in [6, 6.07) is 9.43. The van der Waals surface area contributed by atoms with E-state index < -0.39 is 22.9 Å². The Balaban J connectivity index is 2.00. The van der Waals surface area contributed by atoms with Gasteiger partial charge in [0, 0.05) is 13.1 Å². The lowest BCUT2D eigenvalue weighted by atomic mass is 9.66. The van der Waals surface area contributed by atoms with E-state index in [0.29, 0.717) is 13.0 Å². The lowest BCUT2D eigenvalue weighted by Gasteiger charge is -2.37. The Bertz CT molecular complexity index is 550. The van der Waals surface area contributed by atoms with E-state index in [1.165, 1.54) is 4.90 Å². The van der Waals surface area contributed by atoms with E-state index in [1.54, 1.807) is 0 Å². The molecule has 5 heteroatoms. The molecule has 0 bridgehead atoms. The van der Waals surface area contributed by atoms with Gasteiger partial charge in [-0.25, -0.2) is 4.79 Å². The van der Waals surface area contributed by atoms with E-state index in [4.69, 9.17) is 4.74 Å². The number of hydrogen-bond acceptors (Lipinski definition) is 3. The first kappa shape index (κ1) is 16.3. The maximum Gasteiger partial charge on any atom is 0.410 e. The van der Waals surface area contributed by atoms with Crippen LogP contribution in [-0.2, 0) is 16.1 Å². The molecule has 0 spiro atoms. The van der Waals surface area contributed by atoms with Gasteiger partial charge in [-0.1, -0.05) is 51.1 Å². The molecule has 120 valence electrons. The lowest BCUT2D eigenvalue weighted by Crippen LogP contribution is -2.46. The number of likely N-dealkylation sites (tertiary alicyclic amines) is 1. The molecule has 1 aliphatic rings. The molecule has 2 rings (SSSR count). The number of carboxylic acid groups (broad SMARTS) is 1. The van der Waals surface area contributed by atoms with Crippen LogP contribution in [0.5, 0.6) is 0 Å². The van der Waals surface area contributed by atoms with Crippen LogP contribution in [0.15, 0.2) is 30.3 Å². The third kappa shape index (κ3) is 3.08. The van der Waals surface area contributed by atoms with E-state index in [1.807, 2.05) is 51.1 Å².